The summed E-state index contributed by atoms with van der Waals surface area (Å²) in [6.07, 6.45) is 1.43. The number of hydrogen-bond donors (Lipinski definition) is 2. The minimum atomic E-state index is -0.749. The molecule has 0 unspecified atom stereocenters. The molecule has 1 heterocycles. The van der Waals surface area contributed by atoms with Gasteiger partial charge in [0.25, 0.3) is 5.91 Å². The molecule has 0 bridgehead atoms. The van der Waals surface area contributed by atoms with E-state index in [9.17, 15) is 14.0 Å². The molecule has 102 valence electrons. The molecule has 7 heteroatoms. The summed E-state index contributed by atoms with van der Waals surface area (Å²) in [4.78, 5) is 27.1. The van der Waals surface area contributed by atoms with Gasteiger partial charge in [-0.25, -0.2) is 14.2 Å². The van der Waals surface area contributed by atoms with Crippen LogP contribution in [0.2, 0.25) is 5.15 Å². The van der Waals surface area contributed by atoms with Crippen molar-refractivity contribution in [2.75, 3.05) is 5.32 Å². The molecule has 20 heavy (non-hydrogen) atoms. The highest BCUT2D eigenvalue weighted by Gasteiger charge is 2.13. The average Bonchev–Trinajstić information content (AvgIpc) is 2.41. The number of nitrogens with one attached hydrogen (secondary N) is 2. The Labute approximate surface area is 118 Å². The van der Waals surface area contributed by atoms with Crippen molar-refractivity contribution in [3.05, 3.63) is 59.1 Å². The topological polar surface area (TPSA) is 71.1 Å². The van der Waals surface area contributed by atoms with Crippen molar-refractivity contribution < 1.29 is 14.0 Å². The molecular formula is C13H9ClFN3O2. The predicted octanol–water partition coefficient (Wildman–Crippen LogP) is 2.84. The Morgan fingerprint density at radius 1 is 1.15 bits per heavy atom. The number of urea groups is 1. The van der Waals surface area contributed by atoms with Crippen LogP contribution in [0.1, 0.15) is 10.4 Å². The van der Waals surface area contributed by atoms with Crippen LogP contribution in [0.15, 0.2) is 42.6 Å². The first-order valence-corrected chi connectivity index (χ1v) is 5.92. The molecule has 0 saturated heterocycles. The summed E-state index contributed by atoms with van der Waals surface area (Å²) >= 11 is 5.73. The number of anilines is 1. The summed E-state index contributed by atoms with van der Waals surface area (Å²) in [6, 6.07) is 7.34. The third-order valence-corrected chi connectivity index (χ3v) is 2.63. The van der Waals surface area contributed by atoms with Crippen LogP contribution in [0.4, 0.5) is 14.9 Å². The van der Waals surface area contributed by atoms with Gasteiger partial charge in [0.2, 0.25) is 0 Å². The largest absolute Gasteiger partial charge is 0.326 e. The van der Waals surface area contributed by atoms with Crippen molar-refractivity contribution in [3.8, 4) is 0 Å². The normalized spacial score (nSPS) is 9.90. The van der Waals surface area contributed by atoms with Gasteiger partial charge in [0.15, 0.2) is 0 Å². The molecule has 2 aromatic rings. The Morgan fingerprint density at radius 2 is 1.85 bits per heavy atom. The fraction of sp³-hybridized carbons (Fsp3) is 0. The maximum Gasteiger partial charge on any atom is 0.326 e. The van der Waals surface area contributed by atoms with Gasteiger partial charge in [-0.15, -0.1) is 0 Å². The summed E-state index contributed by atoms with van der Waals surface area (Å²) in [5.41, 5.74) is 0.442. The van der Waals surface area contributed by atoms with Crippen LogP contribution in [0, 0.1) is 5.82 Å². The van der Waals surface area contributed by atoms with Gasteiger partial charge in [0.1, 0.15) is 11.0 Å². The number of benzene rings is 1. The molecule has 0 aliphatic heterocycles. The summed E-state index contributed by atoms with van der Waals surface area (Å²) in [6.45, 7) is 0. The number of carbonyl (C=O) groups excluding carboxylic acids is 2. The van der Waals surface area contributed by atoms with Gasteiger partial charge >= 0.3 is 6.03 Å². The van der Waals surface area contributed by atoms with Crippen LogP contribution in [-0.2, 0) is 0 Å². The first-order chi connectivity index (χ1) is 9.56. The van der Waals surface area contributed by atoms with Crippen molar-refractivity contribution in [3.63, 3.8) is 0 Å². The number of nitrogens with zero attached hydrogens (tertiary/aromatic N) is 1. The molecule has 2 N–H and O–H groups in total. The molecule has 0 spiro atoms. The van der Waals surface area contributed by atoms with E-state index in [1.165, 1.54) is 42.6 Å². The quantitative estimate of drug-likeness (QED) is 0.836. The number of amides is 3. The van der Waals surface area contributed by atoms with Crippen LogP contribution < -0.4 is 10.6 Å². The van der Waals surface area contributed by atoms with E-state index in [-0.39, 0.29) is 10.7 Å². The van der Waals surface area contributed by atoms with Gasteiger partial charge in [0.05, 0.1) is 5.56 Å². The number of halogens is 2. The molecule has 0 saturated carbocycles. The molecule has 0 atom stereocenters. The molecule has 1 aromatic heterocycles. The maximum absolute atomic E-state index is 12.7. The molecule has 2 rings (SSSR count). The second-order valence-corrected chi connectivity index (χ2v) is 4.11. The smallest absolute Gasteiger partial charge is 0.308 e. The number of imide groups is 1. The zero-order valence-corrected chi connectivity index (χ0v) is 10.8. The Morgan fingerprint density at radius 3 is 2.50 bits per heavy atom. The first-order valence-electron chi connectivity index (χ1n) is 5.54. The Hall–Kier alpha value is -2.47. The Kier molecular flexibility index (Phi) is 4.27. The molecule has 0 fully saturated rings. The van der Waals surface area contributed by atoms with Crippen molar-refractivity contribution >= 4 is 29.2 Å². The van der Waals surface area contributed by atoms with Gasteiger partial charge in [-0.05, 0) is 36.4 Å². The first kappa shape index (κ1) is 14.0. The van der Waals surface area contributed by atoms with Gasteiger partial charge in [-0.3, -0.25) is 10.1 Å². The van der Waals surface area contributed by atoms with Crippen LogP contribution in [0.5, 0.6) is 0 Å². The van der Waals surface area contributed by atoms with Crippen molar-refractivity contribution in [2.45, 2.75) is 0 Å². The average molecular weight is 294 g/mol. The molecule has 0 aliphatic carbocycles. The van der Waals surface area contributed by atoms with Crippen LogP contribution in [-0.4, -0.2) is 16.9 Å². The minimum Gasteiger partial charge on any atom is -0.308 e. The lowest BCUT2D eigenvalue weighted by molar-refractivity contribution is 0.0967. The lowest BCUT2D eigenvalue weighted by Gasteiger charge is -2.07. The van der Waals surface area contributed by atoms with Gasteiger partial charge in [0, 0.05) is 11.9 Å². The number of pyridine rings is 1. The van der Waals surface area contributed by atoms with Crippen molar-refractivity contribution in [2.24, 2.45) is 0 Å². The Bertz CT molecular complexity index is 646. The summed E-state index contributed by atoms with van der Waals surface area (Å²) in [5, 5.41) is 4.48. The van der Waals surface area contributed by atoms with E-state index in [0.29, 0.717) is 5.69 Å². The second-order valence-electron chi connectivity index (χ2n) is 3.76. The van der Waals surface area contributed by atoms with E-state index < -0.39 is 17.8 Å². The van der Waals surface area contributed by atoms with Gasteiger partial charge in [-0.1, -0.05) is 11.6 Å². The number of carbonyl (C=O) groups is 2. The van der Waals surface area contributed by atoms with E-state index in [4.69, 9.17) is 11.6 Å². The van der Waals surface area contributed by atoms with E-state index >= 15 is 0 Å². The summed E-state index contributed by atoms with van der Waals surface area (Å²) in [7, 11) is 0. The van der Waals surface area contributed by atoms with Crippen molar-refractivity contribution in [1.82, 2.24) is 10.3 Å². The highest BCUT2D eigenvalue weighted by atomic mass is 35.5. The third kappa shape index (κ3) is 3.52. The highest BCUT2D eigenvalue weighted by Crippen LogP contribution is 2.11. The molecule has 5 nitrogen and oxygen atoms in total. The fourth-order valence-electron chi connectivity index (χ4n) is 1.42. The van der Waals surface area contributed by atoms with E-state index in [0.717, 1.165) is 0 Å². The molecule has 0 radical (unpaired) electrons. The standard InChI is InChI=1S/C13H9ClFN3O2/c14-11-10(2-1-7-16-11)12(19)18-13(20)17-9-5-3-8(15)4-6-9/h1-7H,(H2,17,18,19,20). The lowest BCUT2D eigenvalue weighted by atomic mass is 10.3. The number of rotatable bonds is 2. The monoisotopic (exact) mass is 293 g/mol. The molecule has 3 amide bonds. The Balaban J connectivity index is 2.00. The van der Waals surface area contributed by atoms with E-state index in [1.807, 2.05) is 0 Å². The summed E-state index contributed by atoms with van der Waals surface area (Å²) in [5.74, 6) is -1.10. The van der Waals surface area contributed by atoms with E-state index in [1.54, 1.807) is 0 Å². The lowest BCUT2D eigenvalue weighted by Crippen LogP contribution is -2.34. The maximum atomic E-state index is 12.7. The molecule has 1 aromatic carbocycles. The second kappa shape index (κ2) is 6.12. The number of hydrogen-bond acceptors (Lipinski definition) is 3. The van der Waals surface area contributed by atoms with Gasteiger partial charge in [-0.2, -0.15) is 0 Å². The number of aromatic nitrogens is 1. The predicted molar refractivity (Wildman–Crippen MR) is 72.1 cm³/mol. The zero-order chi connectivity index (χ0) is 14.5. The highest BCUT2D eigenvalue weighted by molar-refractivity contribution is 6.33. The van der Waals surface area contributed by atoms with Crippen LogP contribution in [0.25, 0.3) is 0 Å². The van der Waals surface area contributed by atoms with E-state index in [2.05, 4.69) is 15.6 Å². The minimum absolute atomic E-state index is 0.000387. The summed E-state index contributed by atoms with van der Waals surface area (Å²) < 4.78 is 12.7. The van der Waals surface area contributed by atoms with Crippen molar-refractivity contribution in [1.29, 1.82) is 0 Å². The zero-order valence-electron chi connectivity index (χ0n) is 10.1. The van der Waals surface area contributed by atoms with Crippen LogP contribution >= 0.6 is 11.6 Å². The van der Waals surface area contributed by atoms with Gasteiger partial charge < -0.3 is 5.32 Å². The third-order valence-electron chi connectivity index (χ3n) is 2.33. The molecule has 0 aliphatic rings. The van der Waals surface area contributed by atoms with Crippen LogP contribution in [0.3, 0.4) is 0 Å². The fourth-order valence-corrected chi connectivity index (χ4v) is 1.63. The SMILES string of the molecule is O=C(NC(=O)c1cccnc1Cl)Nc1ccc(F)cc1. The molecular weight excluding hydrogens is 285 g/mol.